The number of carbonyl (C=O) groups excluding carboxylic acids is 1. The van der Waals surface area contributed by atoms with Crippen molar-refractivity contribution in [1.82, 2.24) is 9.97 Å². The van der Waals surface area contributed by atoms with E-state index in [4.69, 9.17) is 11.6 Å². The molecule has 9 heteroatoms. The Labute approximate surface area is 185 Å². The second-order valence-electron chi connectivity index (χ2n) is 6.40. The molecule has 0 radical (unpaired) electrons. The molecule has 0 saturated carbocycles. The molecule has 31 heavy (non-hydrogen) atoms. The van der Waals surface area contributed by atoms with E-state index in [9.17, 15) is 13.6 Å². The van der Waals surface area contributed by atoms with Gasteiger partial charge in [0, 0.05) is 57.9 Å². The van der Waals surface area contributed by atoms with E-state index in [0.29, 0.717) is 11.3 Å². The Morgan fingerprint density at radius 2 is 1.90 bits per heavy atom. The maximum atomic E-state index is 12.8. The van der Waals surface area contributed by atoms with Crippen LogP contribution in [0.2, 0.25) is 0 Å². The predicted octanol–water partition coefficient (Wildman–Crippen LogP) is 6.29. The van der Waals surface area contributed by atoms with Crippen LogP contribution in [-0.2, 0) is 0 Å². The smallest absolute Gasteiger partial charge is 0.420 e. The number of aromatic nitrogens is 2. The molecule has 5 nitrogen and oxygen atoms in total. The fraction of sp³-hybridized carbons (Fsp3) is 0.0455. The van der Waals surface area contributed by atoms with E-state index >= 15 is 0 Å². The van der Waals surface area contributed by atoms with E-state index in [-0.39, 0.29) is 5.75 Å². The molecule has 0 unspecified atom stereocenters. The van der Waals surface area contributed by atoms with Crippen LogP contribution >= 0.6 is 22.9 Å². The Bertz CT molecular complexity index is 1180. The van der Waals surface area contributed by atoms with Crippen molar-refractivity contribution in [3.05, 3.63) is 83.4 Å². The highest BCUT2D eigenvalue weighted by Gasteiger charge is 2.27. The fourth-order valence-corrected chi connectivity index (χ4v) is 3.63. The van der Waals surface area contributed by atoms with Gasteiger partial charge in [0.1, 0.15) is 5.75 Å². The first-order valence-electron chi connectivity index (χ1n) is 8.99. The van der Waals surface area contributed by atoms with Crippen molar-refractivity contribution in [1.29, 1.82) is 0 Å². The molecule has 0 aliphatic heterocycles. The molecule has 156 valence electrons. The average molecular weight is 458 g/mol. The summed E-state index contributed by atoms with van der Waals surface area (Å²) in [5, 5.41) is 6.65. The van der Waals surface area contributed by atoms with Gasteiger partial charge in [-0.25, -0.2) is 0 Å². The van der Waals surface area contributed by atoms with E-state index in [1.807, 2.05) is 29.0 Å². The van der Waals surface area contributed by atoms with E-state index in [0.717, 1.165) is 22.4 Å². The topological polar surface area (TPSA) is 64.1 Å². The van der Waals surface area contributed by atoms with Gasteiger partial charge in [0.15, 0.2) is 0 Å². The van der Waals surface area contributed by atoms with E-state index < -0.39 is 11.5 Å². The molecule has 4 aromatic rings. The van der Waals surface area contributed by atoms with Crippen LogP contribution in [0.5, 0.6) is 5.75 Å². The van der Waals surface area contributed by atoms with Gasteiger partial charge < -0.3 is 10.1 Å². The number of amides is 1. The lowest BCUT2D eigenvalue weighted by Gasteiger charge is -2.12. The summed E-state index contributed by atoms with van der Waals surface area (Å²) in [6, 6.07) is 12.9. The lowest BCUT2D eigenvalue weighted by atomic mass is 10.0. The highest BCUT2D eigenvalue weighted by molar-refractivity contribution is 7.08. The molecule has 0 aliphatic rings. The summed E-state index contributed by atoms with van der Waals surface area (Å²) >= 11 is 6.31. The normalized spacial score (nSPS) is 11.2. The van der Waals surface area contributed by atoms with Gasteiger partial charge in [0.2, 0.25) is 0 Å². The molecule has 4 rings (SSSR count). The average Bonchev–Trinajstić information content (AvgIpc) is 3.29. The summed E-state index contributed by atoms with van der Waals surface area (Å²) in [5.74, 6) is -0.524. The number of alkyl halides is 3. The third-order valence-electron chi connectivity index (χ3n) is 4.26. The van der Waals surface area contributed by atoms with Crippen LogP contribution in [0.4, 0.5) is 14.5 Å². The van der Waals surface area contributed by atoms with Crippen LogP contribution in [0.15, 0.2) is 77.9 Å². The molecule has 0 spiro atoms. The maximum absolute atomic E-state index is 12.8. The fourth-order valence-electron chi connectivity index (χ4n) is 2.90. The molecule has 3 aromatic heterocycles. The zero-order chi connectivity index (χ0) is 21.8. The van der Waals surface area contributed by atoms with E-state index in [2.05, 4.69) is 20.0 Å². The van der Waals surface area contributed by atoms with Gasteiger partial charge in [0.25, 0.3) is 5.91 Å². The quantitative estimate of drug-likeness (QED) is 0.345. The number of thiophene rings is 1. The molecule has 1 amide bonds. The van der Waals surface area contributed by atoms with Gasteiger partial charge in [-0.15, -0.1) is 8.78 Å². The zero-order valence-electron chi connectivity index (χ0n) is 15.8. The highest BCUT2D eigenvalue weighted by atomic mass is 35.5. The number of rotatable bonds is 6. The highest BCUT2D eigenvalue weighted by Crippen LogP contribution is 2.32. The SMILES string of the molecule is O=C(Nc1ccc(OC(F)(F)Cl)cc1)c1cnc(-c2ccsc2)c(-c2cccnc2)c1. The lowest BCUT2D eigenvalue weighted by molar-refractivity contribution is -0.0964. The molecular weight excluding hydrogens is 444 g/mol. The van der Waals surface area contributed by atoms with Gasteiger partial charge in [-0.05, 0) is 47.8 Å². The van der Waals surface area contributed by atoms with Crippen molar-refractivity contribution >= 4 is 34.5 Å². The summed E-state index contributed by atoms with van der Waals surface area (Å²) < 4.78 is 29.7. The molecule has 1 N–H and O–H groups in total. The van der Waals surface area contributed by atoms with Crippen molar-refractivity contribution in [3.63, 3.8) is 0 Å². The van der Waals surface area contributed by atoms with Crippen LogP contribution < -0.4 is 10.1 Å². The summed E-state index contributed by atoms with van der Waals surface area (Å²) in [6.07, 6.45) is 4.87. The molecule has 1 aromatic carbocycles. The summed E-state index contributed by atoms with van der Waals surface area (Å²) in [4.78, 5) is 21.4. The summed E-state index contributed by atoms with van der Waals surface area (Å²) in [6.45, 7) is 0. The Kier molecular flexibility index (Phi) is 5.92. The number of hydrogen-bond acceptors (Lipinski definition) is 5. The third-order valence-corrected chi connectivity index (χ3v) is 5.02. The lowest BCUT2D eigenvalue weighted by Crippen LogP contribution is -2.16. The number of carbonyl (C=O) groups is 1. The zero-order valence-corrected chi connectivity index (χ0v) is 17.3. The first kappa shape index (κ1) is 20.9. The van der Waals surface area contributed by atoms with E-state index in [1.54, 1.807) is 29.8 Å². The number of pyridine rings is 2. The molecule has 3 heterocycles. The minimum Gasteiger partial charge on any atom is -0.420 e. The number of benzene rings is 1. The van der Waals surface area contributed by atoms with Crippen LogP contribution in [0.3, 0.4) is 0 Å². The number of anilines is 1. The van der Waals surface area contributed by atoms with Crippen molar-refractivity contribution in [2.75, 3.05) is 5.32 Å². The molecule has 0 bridgehead atoms. The number of ether oxygens (including phenoxy) is 1. The van der Waals surface area contributed by atoms with Crippen molar-refractivity contribution in [3.8, 4) is 28.1 Å². The summed E-state index contributed by atoms with van der Waals surface area (Å²) in [7, 11) is 0. The summed E-state index contributed by atoms with van der Waals surface area (Å²) in [5.41, 5.74) is 0.229. The Morgan fingerprint density at radius 3 is 2.55 bits per heavy atom. The predicted molar refractivity (Wildman–Crippen MR) is 117 cm³/mol. The van der Waals surface area contributed by atoms with Crippen molar-refractivity contribution < 1.29 is 18.3 Å². The Balaban J connectivity index is 1.60. The molecule has 0 fully saturated rings. The minimum atomic E-state index is -3.80. The van der Waals surface area contributed by atoms with Gasteiger partial charge >= 0.3 is 5.57 Å². The number of nitrogens with one attached hydrogen (secondary N) is 1. The van der Waals surface area contributed by atoms with Crippen LogP contribution in [0.1, 0.15) is 10.4 Å². The standard InChI is InChI=1S/C22H14ClF2N3O2S/c23-22(24,25)30-18-5-3-17(4-6-18)28-21(29)16-10-19(14-2-1-8-26-11-14)20(27-12-16)15-7-9-31-13-15/h1-13H,(H,28,29). The van der Waals surface area contributed by atoms with Crippen LogP contribution in [-0.4, -0.2) is 21.4 Å². The Morgan fingerprint density at radius 1 is 1.10 bits per heavy atom. The first-order valence-corrected chi connectivity index (χ1v) is 10.3. The van der Waals surface area contributed by atoms with E-state index in [1.165, 1.54) is 30.5 Å². The molecule has 0 aliphatic carbocycles. The molecular formula is C22H14ClF2N3O2S. The molecule has 0 saturated heterocycles. The minimum absolute atomic E-state index is 0.126. The van der Waals surface area contributed by atoms with Gasteiger partial charge in [-0.3, -0.25) is 14.8 Å². The maximum Gasteiger partial charge on any atom is 0.487 e. The number of hydrogen-bond donors (Lipinski definition) is 1. The van der Waals surface area contributed by atoms with Crippen molar-refractivity contribution in [2.45, 2.75) is 5.57 Å². The van der Waals surface area contributed by atoms with Gasteiger partial charge in [-0.1, -0.05) is 6.07 Å². The largest absolute Gasteiger partial charge is 0.487 e. The number of nitrogens with zero attached hydrogens (tertiary/aromatic N) is 2. The second-order valence-corrected chi connectivity index (χ2v) is 7.62. The number of halogens is 3. The van der Waals surface area contributed by atoms with Crippen LogP contribution in [0.25, 0.3) is 22.4 Å². The second kappa shape index (κ2) is 8.79. The van der Waals surface area contributed by atoms with Crippen LogP contribution in [0, 0.1) is 0 Å². The van der Waals surface area contributed by atoms with Gasteiger partial charge in [-0.2, -0.15) is 11.3 Å². The first-order chi connectivity index (χ1) is 14.9. The Hall–Kier alpha value is -3.36. The monoisotopic (exact) mass is 457 g/mol. The third kappa shape index (κ3) is 5.22. The van der Waals surface area contributed by atoms with Gasteiger partial charge in [0.05, 0.1) is 11.3 Å². The van der Waals surface area contributed by atoms with Crippen molar-refractivity contribution in [2.24, 2.45) is 0 Å². The molecule has 0 atom stereocenters.